The fourth-order valence-electron chi connectivity index (χ4n) is 0.681. The third-order valence-corrected chi connectivity index (χ3v) is 2.21. The Balaban J connectivity index is 4.34. The van der Waals surface area contributed by atoms with Crippen molar-refractivity contribution in [3.05, 3.63) is 46.3 Å². The van der Waals surface area contributed by atoms with Crippen molar-refractivity contribution in [2.24, 2.45) is 0 Å². The minimum atomic E-state index is 0.873. The van der Waals surface area contributed by atoms with Crippen LogP contribution in [0, 0.1) is 11.8 Å². The third-order valence-electron chi connectivity index (χ3n) is 1.41. The van der Waals surface area contributed by atoms with Gasteiger partial charge in [0.05, 0.1) is 4.91 Å². The highest BCUT2D eigenvalue weighted by Gasteiger charge is 1.84. The van der Waals surface area contributed by atoms with Crippen molar-refractivity contribution in [2.45, 2.75) is 27.7 Å². The zero-order valence-electron chi connectivity index (χ0n) is 9.92. The van der Waals surface area contributed by atoms with Crippen molar-refractivity contribution in [2.75, 3.05) is 0 Å². The van der Waals surface area contributed by atoms with Crippen LogP contribution in [0.3, 0.4) is 0 Å². The average molecular weight is 218 g/mol. The van der Waals surface area contributed by atoms with E-state index < -0.39 is 0 Å². The first kappa shape index (κ1) is 13.9. The van der Waals surface area contributed by atoms with E-state index >= 15 is 0 Å². The molecule has 0 N–H and O–H groups in total. The molecule has 0 fully saturated rings. The van der Waals surface area contributed by atoms with Crippen molar-refractivity contribution in [1.82, 2.24) is 0 Å². The van der Waals surface area contributed by atoms with Gasteiger partial charge in [0.2, 0.25) is 0 Å². The Kier molecular flexibility index (Phi) is 7.58. The summed E-state index contributed by atoms with van der Waals surface area (Å²) in [4.78, 5) is 0.873. The summed E-state index contributed by atoms with van der Waals surface area (Å²) in [5.41, 5.74) is 2.33. The van der Waals surface area contributed by atoms with Crippen LogP contribution in [0.5, 0.6) is 0 Å². The Morgan fingerprint density at radius 1 is 1.13 bits per heavy atom. The van der Waals surface area contributed by atoms with Crippen LogP contribution in [0.2, 0.25) is 0 Å². The van der Waals surface area contributed by atoms with Gasteiger partial charge in [0.25, 0.3) is 0 Å². The van der Waals surface area contributed by atoms with Gasteiger partial charge in [0.1, 0.15) is 0 Å². The summed E-state index contributed by atoms with van der Waals surface area (Å²) in [5, 5.41) is 1.98. The second kappa shape index (κ2) is 8.20. The highest BCUT2D eigenvalue weighted by Crippen LogP contribution is 2.13. The summed E-state index contributed by atoms with van der Waals surface area (Å²) >= 11 is 1.55. The molecule has 15 heavy (non-hydrogen) atoms. The van der Waals surface area contributed by atoms with Gasteiger partial charge in [-0.15, -0.1) is 0 Å². The number of hydrogen-bond donors (Lipinski definition) is 0. The molecular weight excluding hydrogens is 200 g/mol. The predicted octanol–water partition coefficient (Wildman–Crippen LogP) is 4.68. The molecule has 0 saturated carbocycles. The van der Waals surface area contributed by atoms with Crippen LogP contribution < -0.4 is 0 Å². The lowest BCUT2D eigenvalue weighted by Gasteiger charge is -1.89. The van der Waals surface area contributed by atoms with Crippen molar-refractivity contribution in [1.29, 1.82) is 0 Å². The van der Waals surface area contributed by atoms with Crippen LogP contribution >= 0.6 is 11.8 Å². The van der Waals surface area contributed by atoms with Crippen LogP contribution in [0.1, 0.15) is 27.7 Å². The molecule has 80 valence electrons. The van der Waals surface area contributed by atoms with Crippen molar-refractivity contribution < 1.29 is 0 Å². The number of rotatable bonds is 3. The third kappa shape index (κ3) is 9.18. The molecule has 0 aliphatic carbocycles. The minimum absolute atomic E-state index is 0.873. The molecule has 0 aromatic rings. The van der Waals surface area contributed by atoms with Gasteiger partial charge in [0, 0.05) is 0 Å². The second-order valence-corrected chi connectivity index (χ2v) is 4.35. The Morgan fingerprint density at radius 3 is 2.33 bits per heavy atom. The topological polar surface area (TPSA) is 0 Å². The minimum Gasteiger partial charge on any atom is -0.0898 e. The van der Waals surface area contributed by atoms with Gasteiger partial charge >= 0.3 is 0 Å². The molecule has 0 bridgehead atoms. The Hall–Kier alpha value is -1.13. The summed E-state index contributed by atoms with van der Waals surface area (Å²) in [7, 11) is 0. The first-order valence-corrected chi connectivity index (χ1v) is 5.74. The van der Waals surface area contributed by atoms with Crippen LogP contribution in [0.15, 0.2) is 46.3 Å². The quantitative estimate of drug-likeness (QED) is 0.489. The van der Waals surface area contributed by atoms with Gasteiger partial charge in [-0.2, -0.15) is 0 Å². The Morgan fingerprint density at radius 2 is 1.80 bits per heavy atom. The lowest BCUT2D eigenvalue weighted by atomic mass is 10.2. The summed E-state index contributed by atoms with van der Waals surface area (Å²) in [6, 6.07) is 0. The molecule has 0 spiro atoms. The molecule has 0 aromatic heterocycles. The summed E-state index contributed by atoms with van der Waals surface area (Å²) in [6.07, 6.45) is 6.06. The highest BCUT2D eigenvalue weighted by molar-refractivity contribution is 8.06. The fraction of sp³-hybridized carbons (Fsp3) is 0.286. The summed E-state index contributed by atoms with van der Waals surface area (Å²) in [5.74, 6) is 6.07. The van der Waals surface area contributed by atoms with E-state index in [0.29, 0.717) is 0 Å². The molecule has 0 atom stereocenters. The first-order valence-electron chi connectivity index (χ1n) is 4.86. The molecule has 1 heteroatoms. The van der Waals surface area contributed by atoms with Crippen LogP contribution in [0.4, 0.5) is 0 Å². The smallest absolute Gasteiger partial charge is 0.0547 e. The molecule has 0 nitrogen and oxygen atoms in total. The molecule has 0 heterocycles. The SMILES string of the molecule is C=C(C#C/C(C)=C/C=C(C)C)S/C=C\C. The molecule has 0 unspecified atom stereocenters. The van der Waals surface area contributed by atoms with Crippen LogP contribution in [-0.2, 0) is 0 Å². The predicted molar refractivity (Wildman–Crippen MR) is 72.5 cm³/mol. The van der Waals surface area contributed by atoms with Gasteiger partial charge < -0.3 is 0 Å². The van der Waals surface area contributed by atoms with E-state index in [-0.39, 0.29) is 0 Å². The van der Waals surface area contributed by atoms with Gasteiger partial charge in [-0.1, -0.05) is 54.0 Å². The maximum Gasteiger partial charge on any atom is 0.0547 e. The average Bonchev–Trinajstić information content (AvgIpc) is 2.20. The number of thioether (sulfide) groups is 1. The van der Waals surface area contributed by atoms with E-state index in [0.717, 1.165) is 10.5 Å². The Bertz CT molecular complexity index is 353. The lowest BCUT2D eigenvalue weighted by Crippen LogP contribution is -1.70. The maximum absolute atomic E-state index is 3.85. The first-order chi connectivity index (χ1) is 7.06. The maximum atomic E-state index is 3.85. The van der Waals surface area contributed by atoms with Crippen LogP contribution in [-0.4, -0.2) is 0 Å². The molecule has 0 radical (unpaired) electrons. The van der Waals surface area contributed by atoms with Gasteiger partial charge in [0.15, 0.2) is 0 Å². The zero-order valence-corrected chi connectivity index (χ0v) is 10.7. The zero-order chi connectivity index (χ0) is 11.7. The highest BCUT2D eigenvalue weighted by atomic mass is 32.2. The van der Waals surface area contributed by atoms with E-state index in [1.807, 2.05) is 31.4 Å². The largest absolute Gasteiger partial charge is 0.0898 e. The van der Waals surface area contributed by atoms with Crippen molar-refractivity contribution in [3.63, 3.8) is 0 Å². The number of hydrogen-bond acceptors (Lipinski definition) is 1. The molecule has 0 aliphatic heterocycles. The molecule has 0 rings (SSSR count). The summed E-state index contributed by atoms with van der Waals surface area (Å²) in [6.45, 7) is 12.0. The van der Waals surface area contributed by atoms with E-state index in [1.54, 1.807) is 11.8 Å². The summed E-state index contributed by atoms with van der Waals surface area (Å²) < 4.78 is 0. The molecule has 0 aliphatic rings. The van der Waals surface area contributed by atoms with E-state index in [9.17, 15) is 0 Å². The van der Waals surface area contributed by atoms with Crippen molar-refractivity contribution in [3.8, 4) is 11.8 Å². The second-order valence-electron chi connectivity index (χ2n) is 3.35. The molecule has 0 amide bonds. The van der Waals surface area contributed by atoms with E-state index in [1.165, 1.54) is 5.57 Å². The molecular formula is C14H18S. The molecule has 0 saturated heterocycles. The van der Waals surface area contributed by atoms with Gasteiger partial charge in [-0.05, 0) is 38.7 Å². The van der Waals surface area contributed by atoms with Crippen LogP contribution in [0.25, 0.3) is 0 Å². The monoisotopic (exact) mass is 218 g/mol. The fourth-order valence-corrected chi connectivity index (χ4v) is 1.09. The van der Waals surface area contributed by atoms with E-state index in [2.05, 4.69) is 38.3 Å². The van der Waals surface area contributed by atoms with Gasteiger partial charge in [-0.25, -0.2) is 0 Å². The normalized spacial score (nSPS) is 10.8. The molecule has 0 aromatic carbocycles. The van der Waals surface area contributed by atoms with E-state index in [4.69, 9.17) is 0 Å². The number of allylic oxidation sites excluding steroid dienone is 6. The Labute approximate surface area is 97.8 Å². The van der Waals surface area contributed by atoms with Crippen molar-refractivity contribution >= 4 is 11.8 Å². The standard InChI is InChI=1S/C14H18S/c1-6-11-15-14(5)10-9-13(4)8-7-12(2)3/h6-8,11H,5H2,1-4H3/b11-6-,13-8+. The van der Waals surface area contributed by atoms with Gasteiger partial charge in [-0.3, -0.25) is 0 Å². The lowest BCUT2D eigenvalue weighted by molar-refractivity contribution is 1.39.